The number of morpholine rings is 1. The van der Waals surface area contributed by atoms with Gasteiger partial charge in [-0.3, -0.25) is 4.90 Å². The van der Waals surface area contributed by atoms with Crippen LogP contribution in [0.4, 0.5) is 4.39 Å². The minimum Gasteiger partial charge on any atom is -0.343 e. The normalized spacial score (nSPS) is 39.0. The molecule has 0 bridgehead atoms. The predicted molar refractivity (Wildman–Crippen MR) is 32.9 cm³/mol. The maximum absolute atomic E-state index is 12.4. The molecule has 0 N–H and O–H groups in total. The molecule has 0 aliphatic carbocycles. The molecule has 2 nitrogen and oxygen atoms in total. The minimum absolute atomic E-state index is 0.0405. The molecule has 1 heterocycles. The van der Waals surface area contributed by atoms with Gasteiger partial charge in [-0.1, -0.05) is 0 Å². The van der Waals surface area contributed by atoms with Crippen molar-refractivity contribution in [2.45, 2.75) is 19.4 Å². The quantitative estimate of drug-likeness (QED) is 0.480. The van der Waals surface area contributed by atoms with E-state index in [0.29, 0.717) is 6.54 Å². The zero-order valence-corrected chi connectivity index (χ0v) is 5.80. The van der Waals surface area contributed by atoms with Crippen molar-refractivity contribution in [3.63, 3.8) is 0 Å². The average molecular weight is 133 g/mol. The van der Waals surface area contributed by atoms with Crippen molar-refractivity contribution >= 4 is 0 Å². The van der Waals surface area contributed by atoms with Gasteiger partial charge in [0.15, 0.2) is 0 Å². The van der Waals surface area contributed by atoms with Gasteiger partial charge in [0.2, 0.25) is 6.36 Å². The molecule has 1 aliphatic heterocycles. The number of likely N-dealkylation sites (N-methyl/N-ethyl adjacent to an activating group) is 1. The highest BCUT2D eigenvalue weighted by atomic mass is 19.1. The van der Waals surface area contributed by atoms with Crippen LogP contribution in [0.25, 0.3) is 0 Å². The number of rotatable bonds is 0. The molecule has 0 radical (unpaired) electrons. The third kappa shape index (κ3) is 1.91. The van der Waals surface area contributed by atoms with Crippen molar-refractivity contribution in [3.8, 4) is 0 Å². The van der Waals surface area contributed by atoms with E-state index in [0.717, 1.165) is 6.54 Å². The monoisotopic (exact) mass is 133 g/mol. The van der Waals surface area contributed by atoms with Crippen LogP contribution in [0.1, 0.15) is 6.92 Å². The Morgan fingerprint density at radius 3 is 2.67 bits per heavy atom. The third-order valence-corrected chi connectivity index (χ3v) is 1.40. The van der Waals surface area contributed by atoms with Gasteiger partial charge in [0.1, 0.15) is 0 Å². The SMILES string of the molecule is CC1CN(C)CC(F)O1. The van der Waals surface area contributed by atoms with Crippen molar-refractivity contribution in [1.82, 2.24) is 4.90 Å². The van der Waals surface area contributed by atoms with E-state index in [1.165, 1.54) is 0 Å². The molecule has 3 heteroatoms. The highest BCUT2D eigenvalue weighted by Crippen LogP contribution is 2.08. The molecule has 0 spiro atoms. The molecule has 0 aromatic rings. The average Bonchev–Trinajstić information content (AvgIpc) is 1.59. The third-order valence-electron chi connectivity index (χ3n) is 1.40. The Bertz CT molecular complexity index is 74.0. The van der Waals surface area contributed by atoms with Gasteiger partial charge in [-0.25, -0.2) is 4.39 Å². The lowest BCUT2D eigenvalue weighted by atomic mass is 10.3. The van der Waals surface area contributed by atoms with Crippen molar-refractivity contribution in [3.05, 3.63) is 0 Å². The predicted octanol–water partition coefficient (Wildman–Crippen LogP) is 0.632. The van der Waals surface area contributed by atoms with E-state index in [9.17, 15) is 4.39 Å². The molecular weight excluding hydrogens is 121 g/mol. The van der Waals surface area contributed by atoms with Crippen molar-refractivity contribution in [1.29, 1.82) is 0 Å². The summed E-state index contributed by atoms with van der Waals surface area (Å²) in [5.41, 5.74) is 0. The Morgan fingerprint density at radius 1 is 1.56 bits per heavy atom. The maximum atomic E-state index is 12.4. The topological polar surface area (TPSA) is 12.5 Å². The second-order valence-corrected chi connectivity index (χ2v) is 2.58. The molecule has 54 valence electrons. The van der Waals surface area contributed by atoms with E-state index in [4.69, 9.17) is 4.74 Å². The maximum Gasteiger partial charge on any atom is 0.211 e. The second kappa shape index (κ2) is 2.62. The summed E-state index contributed by atoms with van der Waals surface area (Å²) in [5.74, 6) is 0. The number of ether oxygens (including phenoxy) is 1. The van der Waals surface area contributed by atoms with Crippen LogP contribution in [-0.2, 0) is 4.74 Å². The lowest BCUT2D eigenvalue weighted by Crippen LogP contribution is -2.42. The van der Waals surface area contributed by atoms with Crippen LogP contribution >= 0.6 is 0 Å². The van der Waals surface area contributed by atoms with Crippen LogP contribution in [0.3, 0.4) is 0 Å². The van der Waals surface area contributed by atoms with Gasteiger partial charge in [-0.2, -0.15) is 0 Å². The lowest BCUT2D eigenvalue weighted by molar-refractivity contribution is -0.131. The summed E-state index contributed by atoms with van der Waals surface area (Å²) >= 11 is 0. The molecule has 0 saturated carbocycles. The summed E-state index contributed by atoms with van der Waals surface area (Å²) < 4.78 is 17.3. The zero-order valence-electron chi connectivity index (χ0n) is 5.80. The second-order valence-electron chi connectivity index (χ2n) is 2.58. The van der Waals surface area contributed by atoms with Gasteiger partial charge in [0.25, 0.3) is 0 Å². The zero-order chi connectivity index (χ0) is 6.85. The first kappa shape index (κ1) is 6.96. The molecule has 1 rings (SSSR count). The van der Waals surface area contributed by atoms with Crippen molar-refractivity contribution < 1.29 is 9.13 Å². The Balaban J connectivity index is 2.34. The summed E-state index contributed by atoms with van der Waals surface area (Å²) in [5, 5.41) is 0. The van der Waals surface area contributed by atoms with E-state index >= 15 is 0 Å². The van der Waals surface area contributed by atoms with Gasteiger partial charge < -0.3 is 4.74 Å². The van der Waals surface area contributed by atoms with Crippen LogP contribution < -0.4 is 0 Å². The van der Waals surface area contributed by atoms with Gasteiger partial charge in [0, 0.05) is 6.54 Å². The van der Waals surface area contributed by atoms with Crippen molar-refractivity contribution in [2.75, 3.05) is 20.1 Å². The van der Waals surface area contributed by atoms with Gasteiger partial charge in [-0.05, 0) is 14.0 Å². The molecule has 1 saturated heterocycles. The highest BCUT2D eigenvalue weighted by molar-refractivity contribution is 4.66. The number of nitrogens with zero attached hydrogens (tertiary/aromatic N) is 1. The molecule has 2 atom stereocenters. The number of halogens is 1. The van der Waals surface area contributed by atoms with E-state index in [1.807, 2.05) is 18.9 Å². The van der Waals surface area contributed by atoms with Gasteiger partial charge in [-0.15, -0.1) is 0 Å². The molecule has 0 aromatic carbocycles. The lowest BCUT2D eigenvalue weighted by Gasteiger charge is -2.29. The summed E-state index contributed by atoms with van der Waals surface area (Å²) in [6.45, 7) is 3.12. The van der Waals surface area contributed by atoms with Crippen LogP contribution in [0.2, 0.25) is 0 Å². The first-order valence-corrected chi connectivity index (χ1v) is 3.16. The standard InChI is InChI=1S/C6H12FNO/c1-5-3-8(2)4-6(7)9-5/h5-6H,3-4H2,1-2H3. The fourth-order valence-electron chi connectivity index (χ4n) is 1.10. The summed E-state index contributed by atoms with van der Waals surface area (Å²) in [4.78, 5) is 1.93. The van der Waals surface area contributed by atoms with E-state index in [-0.39, 0.29) is 6.10 Å². The van der Waals surface area contributed by atoms with E-state index in [1.54, 1.807) is 0 Å². The fraction of sp³-hybridized carbons (Fsp3) is 1.00. The Morgan fingerprint density at radius 2 is 2.22 bits per heavy atom. The van der Waals surface area contributed by atoms with Crippen LogP contribution in [0, 0.1) is 0 Å². The summed E-state index contributed by atoms with van der Waals surface area (Å²) in [6.07, 6.45) is -1.04. The molecule has 2 unspecified atom stereocenters. The first-order valence-electron chi connectivity index (χ1n) is 3.16. The molecule has 1 fully saturated rings. The molecular formula is C6H12FNO. The summed E-state index contributed by atoms with van der Waals surface area (Å²) in [6, 6.07) is 0. The first-order chi connectivity index (χ1) is 4.18. The number of alkyl halides is 1. The minimum atomic E-state index is -1.08. The highest BCUT2D eigenvalue weighted by Gasteiger charge is 2.21. The Labute approximate surface area is 54.6 Å². The fourth-order valence-corrected chi connectivity index (χ4v) is 1.10. The smallest absolute Gasteiger partial charge is 0.211 e. The van der Waals surface area contributed by atoms with E-state index in [2.05, 4.69) is 0 Å². The molecule has 0 aromatic heterocycles. The van der Waals surface area contributed by atoms with Gasteiger partial charge in [0.05, 0.1) is 12.6 Å². The Kier molecular flexibility index (Phi) is 2.03. The molecule has 1 aliphatic rings. The number of hydrogen-bond acceptors (Lipinski definition) is 2. The van der Waals surface area contributed by atoms with Crippen LogP contribution in [-0.4, -0.2) is 37.5 Å². The molecule has 9 heavy (non-hydrogen) atoms. The Hall–Kier alpha value is -0.150. The van der Waals surface area contributed by atoms with Gasteiger partial charge >= 0.3 is 0 Å². The molecule has 0 amide bonds. The van der Waals surface area contributed by atoms with Crippen molar-refractivity contribution in [2.24, 2.45) is 0 Å². The van der Waals surface area contributed by atoms with E-state index < -0.39 is 6.36 Å². The largest absolute Gasteiger partial charge is 0.343 e. The number of hydrogen-bond donors (Lipinski definition) is 0. The summed E-state index contributed by atoms with van der Waals surface area (Å²) in [7, 11) is 1.89. The van der Waals surface area contributed by atoms with Crippen LogP contribution in [0.15, 0.2) is 0 Å². The van der Waals surface area contributed by atoms with Crippen LogP contribution in [0.5, 0.6) is 0 Å².